The fourth-order valence-electron chi connectivity index (χ4n) is 2.95. The maximum absolute atomic E-state index is 12.6. The molecule has 2 rings (SSSR count). The average Bonchev–Trinajstić information content (AvgIpc) is 2.68. The van der Waals surface area contributed by atoms with Crippen molar-refractivity contribution in [2.75, 3.05) is 19.6 Å². The number of hydrogen-bond donors (Lipinski definition) is 1. The van der Waals surface area contributed by atoms with Gasteiger partial charge in [-0.15, -0.1) is 0 Å². The summed E-state index contributed by atoms with van der Waals surface area (Å²) in [4.78, 5) is 11.9. The van der Waals surface area contributed by atoms with Crippen LogP contribution in [0.4, 0.5) is 44.3 Å². The highest BCUT2D eigenvalue weighted by molar-refractivity contribution is 7.89. The number of alkyl halides is 9. The SMILES string of the molecule is O=C(OC(C(F)(F)F)C(F)(F)F)N1CCC(CNS(=O)(=O)c2ccc(C(F)(F)F)cc2)CC1. The summed E-state index contributed by atoms with van der Waals surface area (Å²) in [5.41, 5.74) is -1.04. The van der Waals surface area contributed by atoms with Gasteiger partial charge in [-0.1, -0.05) is 0 Å². The molecule has 0 aliphatic carbocycles. The van der Waals surface area contributed by atoms with Crippen molar-refractivity contribution in [2.45, 2.75) is 42.4 Å². The molecule has 1 saturated heterocycles. The van der Waals surface area contributed by atoms with Crippen LogP contribution in [0.25, 0.3) is 0 Å². The van der Waals surface area contributed by atoms with Crippen LogP contribution in [0.5, 0.6) is 0 Å². The molecule has 1 N–H and O–H groups in total. The van der Waals surface area contributed by atoms with Crippen LogP contribution >= 0.6 is 0 Å². The molecule has 0 unspecified atom stereocenters. The van der Waals surface area contributed by atoms with Crippen molar-refractivity contribution in [3.05, 3.63) is 29.8 Å². The summed E-state index contributed by atoms with van der Waals surface area (Å²) in [6.45, 7) is -0.776. The molecule has 0 atom stereocenters. The van der Waals surface area contributed by atoms with Gasteiger partial charge in [0, 0.05) is 19.6 Å². The minimum atomic E-state index is -5.84. The Balaban J connectivity index is 1.89. The van der Waals surface area contributed by atoms with Gasteiger partial charge in [0.2, 0.25) is 10.0 Å². The predicted octanol–water partition coefficient (Wildman–Crippen LogP) is 4.33. The number of nitrogens with one attached hydrogen (secondary N) is 1. The van der Waals surface area contributed by atoms with E-state index in [0.717, 1.165) is 12.1 Å². The van der Waals surface area contributed by atoms with Gasteiger partial charge in [0.15, 0.2) is 0 Å². The molecule has 188 valence electrons. The van der Waals surface area contributed by atoms with E-state index in [0.29, 0.717) is 17.0 Å². The Bertz CT molecular complexity index is 906. The minimum absolute atomic E-state index is 0.0351. The quantitative estimate of drug-likeness (QED) is 0.592. The molecule has 1 fully saturated rings. The third-order valence-electron chi connectivity index (χ3n) is 4.74. The van der Waals surface area contributed by atoms with E-state index >= 15 is 0 Å². The number of hydrogen-bond acceptors (Lipinski definition) is 4. The highest BCUT2D eigenvalue weighted by atomic mass is 32.2. The normalized spacial score (nSPS) is 16.8. The molecule has 0 spiro atoms. The van der Waals surface area contributed by atoms with Crippen molar-refractivity contribution >= 4 is 16.1 Å². The van der Waals surface area contributed by atoms with Crippen LogP contribution in [-0.2, 0) is 20.9 Å². The van der Waals surface area contributed by atoms with Crippen LogP contribution in [0.3, 0.4) is 0 Å². The molecule has 1 aromatic rings. The second-order valence-electron chi connectivity index (χ2n) is 7.15. The molecule has 1 amide bonds. The van der Waals surface area contributed by atoms with Crippen LogP contribution in [0.1, 0.15) is 18.4 Å². The van der Waals surface area contributed by atoms with E-state index in [4.69, 9.17) is 0 Å². The summed E-state index contributed by atoms with van der Waals surface area (Å²) in [5.74, 6) is -0.431. The smallest absolute Gasteiger partial charge is 0.426 e. The van der Waals surface area contributed by atoms with Crippen molar-refractivity contribution in [1.29, 1.82) is 0 Å². The van der Waals surface area contributed by atoms with Crippen molar-refractivity contribution in [1.82, 2.24) is 9.62 Å². The lowest BCUT2D eigenvalue weighted by molar-refractivity contribution is -0.308. The van der Waals surface area contributed by atoms with Gasteiger partial charge >= 0.3 is 24.6 Å². The lowest BCUT2D eigenvalue weighted by Gasteiger charge is -2.33. The number of likely N-dealkylation sites (tertiary alicyclic amines) is 1. The van der Waals surface area contributed by atoms with Gasteiger partial charge in [-0.2, -0.15) is 39.5 Å². The van der Waals surface area contributed by atoms with Gasteiger partial charge in [-0.25, -0.2) is 17.9 Å². The predicted molar refractivity (Wildman–Crippen MR) is 93.3 cm³/mol. The molecule has 1 aliphatic heterocycles. The average molecular weight is 516 g/mol. The van der Waals surface area contributed by atoms with E-state index in [-0.39, 0.29) is 32.5 Å². The van der Waals surface area contributed by atoms with Gasteiger partial charge in [0.05, 0.1) is 10.5 Å². The summed E-state index contributed by atoms with van der Waals surface area (Å²) < 4.78 is 143. The molecular formula is C17H17F9N2O4S. The monoisotopic (exact) mass is 516 g/mol. The van der Waals surface area contributed by atoms with Crippen LogP contribution < -0.4 is 4.72 Å². The fraction of sp³-hybridized carbons (Fsp3) is 0.588. The van der Waals surface area contributed by atoms with Crippen LogP contribution in [0, 0.1) is 5.92 Å². The maximum Gasteiger partial charge on any atom is 0.434 e. The van der Waals surface area contributed by atoms with E-state index in [1.165, 1.54) is 0 Å². The largest absolute Gasteiger partial charge is 0.434 e. The number of sulfonamides is 1. The van der Waals surface area contributed by atoms with Gasteiger partial charge in [0.1, 0.15) is 0 Å². The van der Waals surface area contributed by atoms with E-state index < -0.39 is 57.1 Å². The Labute approximate surface area is 181 Å². The lowest BCUT2D eigenvalue weighted by Crippen LogP contribution is -2.49. The van der Waals surface area contributed by atoms with Crippen LogP contribution in [-0.4, -0.2) is 57.5 Å². The van der Waals surface area contributed by atoms with Gasteiger partial charge in [-0.3, -0.25) is 0 Å². The van der Waals surface area contributed by atoms with Gasteiger partial charge in [0.25, 0.3) is 6.10 Å². The molecule has 0 bridgehead atoms. The zero-order valence-corrected chi connectivity index (χ0v) is 17.2. The summed E-state index contributed by atoms with van der Waals surface area (Å²) >= 11 is 0. The molecule has 0 aromatic heterocycles. The highest BCUT2D eigenvalue weighted by Gasteiger charge is 2.60. The molecule has 1 aromatic carbocycles. The molecule has 0 saturated carbocycles. The zero-order chi connectivity index (χ0) is 25.2. The Morgan fingerprint density at radius 2 is 1.45 bits per heavy atom. The number of halogens is 9. The molecular weight excluding hydrogens is 499 g/mol. The molecule has 1 aliphatic rings. The summed E-state index contributed by atoms with van der Waals surface area (Å²) in [7, 11) is -4.17. The Morgan fingerprint density at radius 1 is 0.970 bits per heavy atom. The standard InChI is InChI=1S/C17H17F9N2O4S/c18-15(19,20)11-1-3-12(4-2-11)33(30,31)27-9-10-5-7-28(8-6-10)14(29)32-13(16(21,22)23)17(24,25)26/h1-4,10,13,27H,5-9H2. The van der Waals surface area contributed by atoms with Crippen molar-refractivity contribution < 1.29 is 57.5 Å². The number of carbonyl (C=O) groups excluding carboxylic acids is 1. The third-order valence-corrected chi connectivity index (χ3v) is 6.18. The van der Waals surface area contributed by atoms with Crippen LogP contribution in [0.15, 0.2) is 29.2 Å². The number of benzene rings is 1. The van der Waals surface area contributed by atoms with Gasteiger partial charge in [-0.05, 0) is 43.0 Å². The number of piperidine rings is 1. The second kappa shape index (κ2) is 9.56. The van der Waals surface area contributed by atoms with E-state index in [1.807, 2.05) is 0 Å². The first-order valence-electron chi connectivity index (χ1n) is 9.17. The number of ether oxygens (including phenoxy) is 1. The molecule has 33 heavy (non-hydrogen) atoms. The van der Waals surface area contributed by atoms with Crippen molar-refractivity contribution in [3.8, 4) is 0 Å². The molecule has 16 heteroatoms. The van der Waals surface area contributed by atoms with E-state index in [1.54, 1.807) is 0 Å². The van der Waals surface area contributed by atoms with Crippen molar-refractivity contribution in [3.63, 3.8) is 0 Å². The lowest BCUT2D eigenvalue weighted by atomic mass is 9.97. The topological polar surface area (TPSA) is 75.7 Å². The Morgan fingerprint density at radius 3 is 1.88 bits per heavy atom. The Hall–Kier alpha value is -2.23. The molecule has 1 heterocycles. The summed E-state index contributed by atoms with van der Waals surface area (Å²) in [5, 5.41) is 0. The number of nitrogens with zero attached hydrogens (tertiary/aromatic N) is 1. The number of amides is 1. The third kappa shape index (κ3) is 7.38. The minimum Gasteiger partial charge on any atom is -0.426 e. The van der Waals surface area contributed by atoms with Gasteiger partial charge < -0.3 is 9.64 Å². The first kappa shape index (κ1) is 27.0. The highest BCUT2D eigenvalue weighted by Crippen LogP contribution is 2.36. The number of carbonyl (C=O) groups is 1. The van der Waals surface area contributed by atoms with Crippen molar-refractivity contribution in [2.24, 2.45) is 5.92 Å². The molecule has 6 nitrogen and oxygen atoms in total. The molecule has 0 radical (unpaired) electrons. The zero-order valence-electron chi connectivity index (χ0n) is 16.4. The first-order valence-corrected chi connectivity index (χ1v) is 10.7. The number of rotatable bonds is 5. The summed E-state index contributed by atoms with van der Waals surface area (Å²) in [6, 6.07) is 2.71. The fourth-order valence-corrected chi connectivity index (χ4v) is 4.06. The first-order chi connectivity index (χ1) is 14.9. The van der Waals surface area contributed by atoms with Crippen LogP contribution in [0.2, 0.25) is 0 Å². The Kier molecular flexibility index (Phi) is 7.83. The van der Waals surface area contributed by atoms with E-state index in [9.17, 15) is 52.7 Å². The second-order valence-corrected chi connectivity index (χ2v) is 8.92. The maximum atomic E-state index is 12.6. The summed E-state index contributed by atoms with van der Waals surface area (Å²) in [6.07, 6.45) is -22.3. The van der Waals surface area contributed by atoms with E-state index in [2.05, 4.69) is 9.46 Å².